The smallest absolute Gasteiger partial charge is 0.263 e. The second-order valence-electron chi connectivity index (χ2n) is 5.06. The van der Waals surface area contributed by atoms with E-state index in [1.807, 2.05) is 24.3 Å². The normalized spacial score (nSPS) is 11.0. The highest BCUT2D eigenvalue weighted by Gasteiger charge is 2.05. The fraction of sp³-hybridized carbons (Fsp3) is 0.0625. The van der Waals surface area contributed by atoms with E-state index < -0.39 is 0 Å². The molecule has 0 unspecified atom stereocenters. The number of hydrogen-bond acceptors (Lipinski definition) is 5. The van der Waals surface area contributed by atoms with Crippen LogP contribution in [0.5, 0.6) is 0 Å². The van der Waals surface area contributed by atoms with Crippen LogP contribution in [0.4, 0.5) is 0 Å². The number of aromatic nitrogens is 6. The highest BCUT2D eigenvalue weighted by atomic mass is 16.1. The molecule has 0 fully saturated rings. The van der Waals surface area contributed by atoms with Crippen molar-refractivity contribution in [3.63, 3.8) is 0 Å². The third-order valence-electron chi connectivity index (χ3n) is 3.57. The fourth-order valence-corrected chi connectivity index (χ4v) is 2.40. The Morgan fingerprint density at radius 3 is 2.65 bits per heavy atom. The van der Waals surface area contributed by atoms with Crippen LogP contribution in [-0.4, -0.2) is 29.3 Å². The molecule has 7 nitrogen and oxygen atoms in total. The molecular formula is C16H12N6O. The fourth-order valence-electron chi connectivity index (χ4n) is 2.40. The molecule has 7 heteroatoms. The van der Waals surface area contributed by atoms with Gasteiger partial charge in [-0.1, -0.05) is 12.1 Å². The van der Waals surface area contributed by atoms with Gasteiger partial charge >= 0.3 is 0 Å². The van der Waals surface area contributed by atoms with Crippen molar-refractivity contribution in [2.24, 2.45) is 0 Å². The minimum absolute atomic E-state index is 0.0940. The van der Waals surface area contributed by atoms with Crippen LogP contribution >= 0.6 is 0 Å². The van der Waals surface area contributed by atoms with E-state index in [9.17, 15) is 4.79 Å². The lowest BCUT2D eigenvalue weighted by molar-refractivity contribution is 0.746. The van der Waals surface area contributed by atoms with E-state index in [4.69, 9.17) is 0 Å². The first-order valence-corrected chi connectivity index (χ1v) is 7.05. The van der Waals surface area contributed by atoms with Crippen molar-refractivity contribution in [2.45, 2.75) is 6.54 Å². The van der Waals surface area contributed by atoms with Gasteiger partial charge in [0.25, 0.3) is 5.56 Å². The van der Waals surface area contributed by atoms with Crippen LogP contribution in [-0.2, 0) is 6.54 Å². The van der Waals surface area contributed by atoms with Crippen molar-refractivity contribution in [1.82, 2.24) is 29.3 Å². The minimum atomic E-state index is -0.0940. The highest BCUT2D eigenvalue weighted by molar-refractivity contribution is 5.72. The van der Waals surface area contributed by atoms with Crippen LogP contribution in [0.2, 0.25) is 0 Å². The summed E-state index contributed by atoms with van der Waals surface area (Å²) in [6.07, 6.45) is 6.28. The van der Waals surface area contributed by atoms with Gasteiger partial charge in [-0.15, -0.1) is 0 Å². The lowest BCUT2D eigenvalue weighted by atomic mass is 10.2. The van der Waals surface area contributed by atoms with E-state index in [1.54, 1.807) is 33.9 Å². The molecule has 0 aliphatic rings. The molecule has 3 aromatic heterocycles. The average molecular weight is 304 g/mol. The summed E-state index contributed by atoms with van der Waals surface area (Å²) in [5.41, 5.74) is 2.29. The lowest BCUT2D eigenvalue weighted by Crippen LogP contribution is -2.21. The summed E-state index contributed by atoms with van der Waals surface area (Å²) in [4.78, 5) is 24.7. The molecule has 1 aromatic carbocycles. The molecule has 112 valence electrons. The maximum absolute atomic E-state index is 12.4. The Hall–Kier alpha value is -3.35. The predicted octanol–water partition coefficient (Wildman–Crippen LogP) is 1.42. The van der Waals surface area contributed by atoms with Gasteiger partial charge in [0.1, 0.15) is 19.0 Å². The maximum Gasteiger partial charge on any atom is 0.263 e. The number of fused-ring (bicyclic) bond motifs is 1. The zero-order chi connectivity index (χ0) is 15.6. The molecule has 0 radical (unpaired) electrons. The van der Waals surface area contributed by atoms with Crippen LogP contribution < -0.4 is 5.56 Å². The molecular weight excluding hydrogens is 292 g/mol. The largest absolute Gasteiger partial charge is 0.294 e. The number of pyridine rings is 1. The Bertz CT molecular complexity index is 1000. The molecule has 0 saturated carbocycles. The van der Waals surface area contributed by atoms with E-state index in [0.717, 1.165) is 11.3 Å². The Labute approximate surface area is 130 Å². The number of nitrogens with zero attached hydrogens (tertiary/aromatic N) is 6. The van der Waals surface area contributed by atoms with Crippen LogP contribution in [0.3, 0.4) is 0 Å². The number of rotatable bonds is 3. The van der Waals surface area contributed by atoms with Crippen molar-refractivity contribution in [2.75, 3.05) is 0 Å². The van der Waals surface area contributed by atoms with Crippen LogP contribution in [0.25, 0.3) is 16.7 Å². The van der Waals surface area contributed by atoms with E-state index in [0.29, 0.717) is 17.6 Å². The molecule has 0 N–H and O–H groups in total. The van der Waals surface area contributed by atoms with Gasteiger partial charge in [-0.3, -0.25) is 9.36 Å². The SMILES string of the molecule is O=c1c2cccnc2ncn1Cc1ccc(-n2cncn2)cc1. The topological polar surface area (TPSA) is 78.5 Å². The summed E-state index contributed by atoms with van der Waals surface area (Å²) in [5.74, 6) is 0. The molecule has 23 heavy (non-hydrogen) atoms. The third kappa shape index (κ3) is 2.48. The molecule has 4 rings (SSSR count). The van der Waals surface area contributed by atoms with Crippen LogP contribution in [0.15, 0.2) is 66.4 Å². The lowest BCUT2D eigenvalue weighted by Gasteiger charge is -2.07. The summed E-state index contributed by atoms with van der Waals surface area (Å²) >= 11 is 0. The first-order valence-electron chi connectivity index (χ1n) is 7.05. The Morgan fingerprint density at radius 1 is 1.00 bits per heavy atom. The second-order valence-corrected chi connectivity index (χ2v) is 5.06. The van der Waals surface area contributed by atoms with Crippen LogP contribution in [0.1, 0.15) is 5.56 Å². The molecule has 4 aromatic rings. The standard InChI is InChI=1S/C16H12N6O/c23-16-14-2-1-7-18-15(14)19-11-21(16)8-12-3-5-13(6-4-12)22-10-17-9-20-22/h1-7,9-11H,8H2. The summed E-state index contributed by atoms with van der Waals surface area (Å²) in [6.45, 7) is 0.453. The molecule has 0 atom stereocenters. The summed E-state index contributed by atoms with van der Waals surface area (Å²) in [5, 5.41) is 4.60. The van der Waals surface area contributed by atoms with Gasteiger partial charge in [0, 0.05) is 6.20 Å². The van der Waals surface area contributed by atoms with Gasteiger partial charge in [0.05, 0.1) is 17.6 Å². The highest BCUT2D eigenvalue weighted by Crippen LogP contribution is 2.09. The van der Waals surface area contributed by atoms with Gasteiger partial charge in [-0.2, -0.15) is 5.10 Å². The van der Waals surface area contributed by atoms with E-state index >= 15 is 0 Å². The summed E-state index contributed by atoms with van der Waals surface area (Å²) in [7, 11) is 0. The van der Waals surface area contributed by atoms with Crippen molar-refractivity contribution >= 4 is 11.0 Å². The van der Waals surface area contributed by atoms with Gasteiger partial charge in [0.15, 0.2) is 5.65 Å². The predicted molar refractivity (Wildman–Crippen MR) is 84.3 cm³/mol. The maximum atomic E-state index is 12.4. The minimum Gasteiger partial charge on any atom is -0.294 e. The van der Waals surface area contributed by atoms with Crippen molar-refractivity contribution in [3.8, 4) is 5.69 Å². The average Bonchev–Trinajstić information content (AvgIpc) is 3.13. The summed E-state index contributed by atoms with van der Waals surface area (Å²) in [6, 6.07) is 11.3. The van der Waals surface area contributed by atoms with E-state index in [2.05, 4.69) is 20.1 Å². The molecule has 0 spiro atoms. The molecule has 3 heterocycles. The Kier molecular flexibility index (Phi) is 3.16. The van der Waals surface area contributed by atoms with Gasteiger partial charge < -0.3 is 0 Å². The Balaban J connectivity index is 1.66. The second kappa shape index (κ2) is 5.45. The van der Waals surface area contributed by atoms with Gasteiger partial charge in [-0.05, 0) is 29.8 Å². The molecule has 0 aliphatic heterocycles. The third-order valence-corrected chi connectivity index (χ3v) is 3.57. The number of hydrogen-bond donors (Lipinski definition) is 0. The molecule has 0 bridgehead atoms. The molecule has 0 amide bonds. The monoisotopic (exact) mass is 304 g/mol. The van der Waals surface area contributed by atoms with Crippen molar-refractivity contribution < 1.29 is 0 Å². The van der Waals surface area contributed by atoms with Crippen molar-refractivity contribution in [1.29, 1.82) is 0 Å². The molecule has 0 aliphatic carbocycles. The zero-order valence-electron chi connectivity index (χ0n) is 12.1. The van der Waals surface area contributed by atoms with E-state index in [1.165, 1.54) is 12.7 Å². The van der Waals surface area contributed by atoms with Crippen molar-refractivity contribution in [3.05, 3.63) is 77.5 Å². The Morgan fingerprint density at radius 2 is 1.87 bits per heavy atom. The van der Waals surface area contributed by atoms with Gasteiger partial charge in [0.2, 0.25) is 0 Å². The summed E-state index contributed by atoms with van der Waals surface area (Å²) < 4.78 is 3.26. The van der Waals surface area contributed by atoms with E-state index in [-0.39, 0.29) is 5.56 Å². The first-order chi connectivity index (χ1) is 11.3. The zero-order valence-corrected chi connectivity index (χ0v) is 12.1. The quantitative estimate of drug-likeness (QED) is 0.572. The van der Waals surface area contributed by atoms with Crippen LogP contribution in [0, 0.1) is 0 Å². The van der Waals surface area contributed by atoms with Gasteiger partial charge in [-0.25, -0.2) is 19.6 Å². The number of benzene rings is 1. The molecule has 0 saturated heterocycles. The first kappa shape index (κ1) is 13.3.